The number of ether oxygens (including phenoxy) is 1. The Morgan fingerprint density at radius 2 is 1.61 bits per heavy atom. The molecule has 0 unspecified atom stereocenters. The van der Waals surface area contributed by atoms with Gasteiger partial charge in [-0.2, -0.15) is 0 Å². The first-order chi connectivity index (χ1) is 16.0. The molecular weight excluding hydrogens is 410 g/mol. The van der Waals surface area contributed by atoms with Crippen LogP contribution in [0.15, 0.2) is 72.8 Å². The van der Waals surface area contributed by atoms with E-state index in [0.717, 1.165) is 35.1 Å². The fourth-order valence-corrected chi connectivity index (χ4v) is 4.84. The predicted octanol–water partition coefficient (Wildman–Crippen LogP) is 5.40. The zero-order valence-electron chi connectivity index (χ0n) is 19.5. The van der Waals surface area contributed by atoms with Crippen LogP contribution >= 0.6 is 0 Å². The fraction of sp³-hybridized carbons (Fsp3) is 0.345. The zero-order chi connectivity index (χ0) is 23.3. The molecule has 33 heavy (non-hydrogen) atoms. The van der Waals surface area contributed by atoms with Crippen molar-refractivity contribution in [2.24, 2.45) is 0 Å². The van der Waals surface area contributed by atoms with E-state index in [1.807, 2.05) is 62.4 Å². The smallest absolute Gasteiger partial charge is 0.220 e. The van der Waals surface area contributed by atoms with E-state index in [0.29, 0.717) is 19.8 Å². The van der Waals surface area contributed by atoms with Crippen LogP contribution in [0.1, 0.15) is 53.0 Å². The Kier molecular flexibility index (Phi) is 7.14. The minimum Gasteiger partial charge on any atom is -0.507 e. The molecule has 0 bridgehead atoms. The molecule has 1 amide bonds. The molecule has 0 saturated carbocycles. The summed E-state index contributed by atoms with van der Waals surface area (Å²) in [5.41, 5.74) is 4.86. The molecule has 4 heteroatoms. The maximum atomic E-state index is 13.3. The van der Waals surface area contributed by atoms with Crippen LogP contribution in [0.2, 0.25) is 0 Å². The number of aromatic hydroxyl groups is 1. The summed E-state index contributed by atoms with van der Waals surface area (Å²) in [6, 6.07) is 24.4. The molecule has 4 rings (SSSR count). The summed E-state index contributed by atoms with van der Waals surface area (Å²) in [5.74, 6) is 0.0537. The largest absolute Gasteiger partial charge is 0.507 e. The molecule has 0 aromatic heterocycles. The molecule has 172 valence electrons. The van der Waals surface area contributed by atoms with Crippen molar-refractivity contribution in [2.75, 3.05) is 19.8 Å². The van der Waals surface area contributed by atoms with Gasteiger partial charge >= 0.3 is 0 Å². The van der Waals surface area contributed by atoms with Crippen molar-refractivity contribution in [3.8, 4) is 5.75 Å². The molecule has 3 aromatic rings. The number of phenols is 1. The summed E-state index contributed by atoms with van der Waals surface area (Å²) in [4.78, 5) is 13.3. The van der Waals surface area contributed by atoms with Crippen molar-refractivity contribution in [1.82, 2.24) is 5.32 Å². The monoisotopic (exact) mass is 443 g/mol. The second-order valence-electron chi connectivity index (χ2n) is 9.15. The first-order valence-corrected chi connectivity index (χ1v) is 11.7. The Bertz CT molecular complexity index is 1070. The summed E-state index contributed by atoms with van der Waals surface area (Å²) < 4.78 is 5.63. The lowest BCUT2D eigenvalue weighted by atomic mass is 9.74. The number of amides is 1. The van der Waals surface area contributed by atoms with Crippen LogP contribution in [0.3, 0.4) is 0 Å². The molecule has 1 heterocycles. The summed E-state index contributed by atoms with van der Waals surface area (Å²) >= 11 is 0. The average molecular weight is 444 g/mol. The van der Waals surface area contributed by atoms with Crippen molar-refractivity contribution >= 4 is 5.91 Å². The van der Waals surface area contributed by atoms with Crippen LogP contribution in [0.4, 0.5) is 0 Å². The Morgan fingerprint density at radius 1 is 0.970 bits per heavy atom. The highest BCUT2D eigenvalue weighted by Gasteiger charge is 2.35. The van der Waals surface area contributed by atoms with E-state index in [2.05, 4.69) is 29.6 Å². The van der Waals surface area contributed by atoms with E-state index in [1.54, 1.807) is 0 Å². The van der Waals surface area contributed by atoms with E-state index in [1.165, 1.54) is 5.56 Å². The van der Waals surface area contributed by atoms with Crippen molar-refractivity contribution in [2.45, 2.75) is 44.4 Å². The van der Waals surface area contributed by atoms with Gasteiger partial charge in [-0.15, -0.1) is 0 Å². The minimum absolute atomic E-state index is 0.0109. The third kappa shape index (κ3) is 5.12. The molecule has 3 aromatic carbocycles. The molecule has 0 spiro atoms. The Labute approximate surface area is 196 Å². The summed E-state index contributed by atoms with van der Waals surface area (Å²) in [6.07, 6.45) is 2.05. The second-order valence-corrected chi connectivity index (χ2v) is 9.15. The van der Waals surface area contributed by atoms with E-state index < -0.39 is 0 Å². The van der Waals surface area contributed by atoms with Crippen LogP contribution < -0.4 is 5.32 Å². The molecular formula is C29H33NO3. The van der Waals surface area contributed by atoms with Gasteiger partial charge in [0, 0.05) is 43.1 Å². The highest BCUT2D eigenvalue weighted by molar-refractivity contribution is 5.78. The number of hydrogen-bond acceptors (Lipinski definition) is 3. The first-order valence-electron chi connectivity index (χ1n) is 11.7. The highest BCUT2D eigenvalue weighted by atomic mass is 16.5. The van der Waals surface area contributed by atoms with Crippen molar-refractivity contribution in [3.05, 3.63) is 101 Å². The molecule has 4 nitrogen and oxygen atoms in total. The van der Waals surface area contributed by atoms with Crippen LogP contribution in [-0.2, 0) is 14.9 Å². The van der Waals surface area contributed by atoms with Crippen molar-refractivity contribution in [3.63, 3.8) is 0 Å². The number of benzene rings is 3. The van der Waals surface area contributed by atoms with E-state index >= 15 is 0 Å². The molecule has 0 aliphatic carbocycles. The number of aryl methyl sites for hydroxylation is 1. The number of rotatable bonds is 7. The lowest BCUT2D eigenvalue weighted by Crippen LogP contribution is -2.44. The van der Waals surface area contributed by atoms with Gasteiger partial charge in [-0.3, -0.25) is 4.79 Å². The normalized spacial score (nSPS) is 16.2. The Balaban J connectivity index is 1.56. The van der Waals surface area contributed by atoms with Crippen molar-refractivity contribution < 1.29 is 14.6 Å². The second kappa shape index (κ2) is 10.2. The van der Waals surface area contributed by atoms with Crippen LogP contribution in [-0.4, -0.2) is 30.8 Å². The fourth-order valence-electron chi connectivity index (χ4n) is 4.84. The van der Waals surface area contributed by atoms with Gasteiger partial charge in [0.25, 0.3) is 0 Å². The summed E-state index contributed by atoms with van der Waals surface area (Å²) in [7, 11) is 0. The standard InChI is InChI=1S/C29H33NO3/c1-21-13-14-25(28(32)22(21)2)26(23-9-5-3-6-10-23)19-27(31)30-20-29(15-17-33-18-16-29)24-11-7-4-8-12-24/h3-14,26,32H,15-20H2,1-2H3,(H,30,31)/t26-/m1/s1. The Hall–Kier alpha value is -3.11. The number of nitrogens with one attached hydrogen (secondary N) is 1. The predicted molar refractivity (Wildman–Crippen MR) is 132 cm³/mol. The van der Waals surface area contributed by atoms with Gasteiger partial charge < -0.3 is 15.2 Å². The topological polar surface area (TPSA) is 58.6 Å². The van der Waals surface area contributed by atoms with Gasteiger partial charge in [0.1, 0.15) is 5.75 Å². The summed E-state index contributed by atoms with van der Waals surface area (Å²) in [6.45, 7) is 5.90. The summed E-state index contributed by atoms with van der Waals surface area (Å²) in [5, 5.41) is 14.1. The molecule has 1 atom stereocenters. The molecule has 1 aliphatic rings. The number of carbonyl (C=O) groups is 1. The van der Waals surface area contributed by atoms with Gasteiger partial charge in [-0.1, -0.05) is 72.8 Å². The van der Waals surface area contributed by atoms with Gasteiger partial charge in [0.15, 0.2) is 0 Å². The average Bonchev–Trinajstić information content (AvgIpc) is 2.87. The van der Waals surface area contributed by atoms with E-state index in [-0.39, 0.29) is 29.4 Å². The van der Waals surface area contributed by atoms with Gasteiger partial charge in [0.2, 0.25) is 5.91 Å². The number of carbonyl (C=O) groups excluding carboxylic acids is 1. The first kappa shape index (κ1) is 23.1. The van der Waals surface area contributed by atoms with Crippen LogP contribution in [0.25, 0.3) is 0 Å². The van der Waals surface area contributed by atoms with Gasteiger partial charge in [-0.05, 0) is 48.9 Å². The highest BCUT2D eigenvalue weighted by Crippen LogP contribution is 2.37. The number of phenolic OH excluding ortho intramolecular Hbond substituents is 1. The molecule has 1 aliphatic heterocycles. The van der Waals surface area contributed by atoms with Gasteiger partial charge in [-0.25, -0.2) is 0 Å². The van der Waals surface area contributed by atoms with Gasteiger partial charge in [0.05, 0.1) is 0 Å². The van der Waals surface area contributed by atoms with Crippen molar-refractivity contribution in [1.29, 1.82) is 0 Å². The molecule has 1 fully saturated rings. The molecule has 2 N–H and O–H groups in total. The minimum atomic E-state index is -0.215. The third-order valence-corrected chi connectivity index (χ3v) is 7.16. The maximum Gasteiger partial charge on any atom is 0.220 e. The Morgan fingerprint density at radius 3 is 2.27 bits per heavy atom. The maximum absolute atomic E-state index is 13.3. The lowest BCUT2D eigenvalue weighted by Gasteiger charge is -2.38. The molecule has 1 saturated heterocycles. The molecule has 0 radical (unpaired) electrons. The van der Waals surface area contributed by atoms with E-state index in [9.17, 15) is 9.90 Å². The third-order valence-electron chi connectivity index (χ3n) is 7.16. The van der Waals surface area contributed by atoms with Crippen LogP contribution in [0.5, 0.6) is 5.75 Å². The zero-order valence-corrected chi connectivity index (χ0v) is 19.5. The quantitative estimate of drug-likeness (QED) is 0.514. The number of hydrogen-bond donors (Lipinski definition) is 2. The van der Waals surface area contributed by atoms with E-state index in [4.69, 9.17) is 4.74 Å². The van der Waals surface area contributed by atoms with Crippen LogP contribution in [0, 0.1) is 13.8 Å². The SMILES string of the molecule is Cc1ccc([C@H](CC(=O)NCC2(c3ccccc3)CCOCC2)c2ccccc2)c(O)c1C. The lowest BCUT2D eigenvalue weighted by molar-refractivity contribution is -0.121.